The second-order valence-electron chi connectivity index (χ2n) is 4.03. The summed E-state index contributed by atoms with van der Waals surface area (Å²) < 4.78 is 5.50. The van der Waals surface area contributed by atoms with Crippen molar-refractivity contribution in [3.63, 3.8) is 0 Å². The lowest BCUT2D eigenvalue weighted by Crippen LogP contribution is -2.15. The minimum Gasteiger partial charge on any atom is -0.480 e. The maximum Gasteiger partial charge on any atom is 0.316 e. The van der Waals surface area contributed by atoms with Crippen molar-refractivity contribution >= 4 is 29.3 Å². The van der Waals surface area contributed by atoms with Crippen molar-refractivity contribution in [1.82, 2.24) is 10.2 Å². The summed E-state index contributed by atoms with van der Waals surface area (Å²) in [4.78, 5) is 10.9. The number of nitrogens with zero attached hydrogens (tertiary/aromatic N) is 2. The highest BCUT2D eigenvalue weighted by Crippen LogP contribution is 2.27. The van der Waals surface area contributed by atoms with Crippen molar-refractivity contribution in [2.45, 2.75) is 24.3 Å². The molecule has 0 aliphatic carbocycles. The van der Waals surface area contributed by atoms with E-state index in [1.165, 1.54) is 11.8 Å². The predicted octanol–water partition coefficient (Wildman–Crippen LogP) is 3.49. The average Bonchev–Trinajstić information content (AvgIpc) is 2.88. The third-order valence-corrected chi connectivity index (χ3v) is 4.31. The van der Waals surface area contributed by atoms with Crippen molar-refractivity contribution in [2.24, 2.45) is 0 Å². The fourth-order valence-corrected chi connectivity index (χ4v) is 2.65. The van der Waals surface area contributed by atoms with Crippen molar-refractivity contribution in [3.8, 4) is 11.5 Å². The zero-order chi connectivity index (χ0) is 14.5. The minimum absolute atomic E-state index is 0.342. The fourth-order valence-electron chi connectivity index (χ4n) is 1.59. The molecule has 0 amide bonds. The molecule has 106 valence electrons. The van der Waals surface area contributed by atoms with Gasteiger partial charge in [-0.15, -0.1) is 22.0 Å². The first-order valence-electron chi connectivity index (χ1n) is 6.03. The maximum absolute atomic E-state index is 10.9. The molecule has 20 heavy (non-hydrogen) atoms. The summed E-state index contributed by atoms with van der Waals surface area (Å²) in [6.45, 7) is 1.83. The number of rotatable bonds is 6. The summed E-state index contributed by atoms with van der Waals surface area (Å²) in [5.74, 6) is 0.268. The molecule has 0 saturated heterocycles. The molecule has 1 heterocycles. The van der Waals surface area contributed by atoms with Crippen LogP contribution in [0.4, 0.5) is 0 Å². The van der Waals surface area contributed by atoms with Crippen LogP contribution in [0.3, 0.4) is 0 Å². The molecule has 1 atom stereocenters. The van der Waals surface area contributed by atoms with Crippen LogP contribution >= 0.6 is 23.4 Å². The van der Waals surface area contributed by atoms with E-state index in [4.69, 9.17) is 21.1 Å². The van der Waals surface area contributed by atoms with Crippen LogP contribution in [0, 0.1) is 0 Å². The predicted molar refractivity (Wildman–Crippen MR) is 77.8 cm³/mol. The van der Waals surface area contributed by atoms with E-state index in [1.54, 1.807) is 12.1 Å². The van der Waals surface area contributed by atoms with Crippen LogP contribution < -0.4 is 0 Å². The number of hydrogen-bond acceptors (Lipinski definition) is 5. The molecule has 0 aliphatic heterocycles. The van der Waals surface area contributed by atoms with E-state index in [0.29, 0.717) is 34.5 Å². The summed E-state index contributed by atoms with van der Waals surface area (Å²) in [5, 5.41) is 16.9. The quantitative estimate of drug-likeness (QED) is 0.880. The van der Waals surface area contributed by atoms with Gasteiger partial charge >= 0.3 is 5.97 Å². The Morgan fingerprint density at radius 3 is 2.85 bits per heavy atom. The van der Waals surface area contributed by atoms with Crippen molar-refractivity contribution in [1.29, 1.82) is 0 Å². The van der Waals surface area contributed by atoms with Crippen LogP contribution in [-0.2, 0) is 10.5 Å². The van der Waals surface area contributed by atoms with E-state index in [1.807, 2.05) is 19.1 Å². The first-order valence-corrected chi connectivity index (χ1v) is 7.46. The van der Waals surface area contributed by atoms with E-state index in [0.717, 1.165) is 0 Å². The van der Waals surface area contributed by atoms with E-state index in [9.17, 15) is 4.79 Å². The summed E-state index contributed by atoms with van der Waals surface area (Å²) in [7, 11) is 0. The highest BCUT2D eigenvalue weighted by Gasteiger charge is 2.18. The third-order valence-electron chi connectivity index (χ3n) is 2.63. The number of thioether (sulfide) groups is 1. The minimum atomic E-state index is -0.830. The van der Waals surface area contributed by atoms with Gasteiger partial charge in [0.15, 0.2) is 0 Å². The zero-order valence-electron chi connectivity index (χ0n) is 10.7. The highest BCUT2D eigenvalue weighted by molar-refractivity contribution is 7.99. The first-order chi connectivity index (χ1) is 9.61. The van der Waals surface area contributed by atoms with Crippen LogP contribution in [0.1, 0.15) is 19.2 Å². The Hall–Kier alpha value is -1.53. The number of carbonyl (C=O) groups is 1. The Labute approximate surface area is 125 Å². The number of carboxylic acids is 1. The van der Waals surface area contributed by atoms with Gasteiger partial charge in [-0.1, -0.05) is 30.7 Å². The van der Waals surface area contributed by atoms with E-state index in [2.05, 4.69) is 10.2 Å². The SMILES string of the molecule is CCC(SCc1nnc(-c2ccccc2Cl)o1)C(=O)O. The van der Waals surface area contributed by atoms with E-state index in [-0.39, 0.29) is 0 Å². The van der Waals surface area contributed by atoms with E-state index >= 15 is 0 Å². The number of aliphatic carboxylic acids is 1. The molecule has 1 aromatic carbocycles. The van der Waals surface area contributed by atoms with Gasteiger partial charge in [-0.25, -0.2) is 0 Å². The van der Waals surface area contributed by atoms with Crippen molar-refractivity contribution in [3.05, 3.63) is 35.2 Å². The summed E-state index contributed by atoms with van der Waals surface area (Å²) >= 11 is 7.32. The molecular weight excluding hydrogens is 300 g/mol. The van der Waals surface area contributed by atoms with Gasteiger partial charge in [-0.2, -0.15) is 0 Å². The standard InChI is InChI=1S/C13H13ClN2O3S/c1-2-10(13(17)18)20-7-11-15-16-12(19-11)8-5-3-4-6-9(8)14/h3-6,10H,2,7H2,1H3,(H,17,18). The van der Waals surface area contributed by atoms with E-state index < -0.39 is 11.2 Å². The molecule has 0 spiro atoms. The second kappa shape index (κ2) is 6.76. The van der Waals surface area contributed by atoms with Gasteiger partial charge in [0.05, 0.1) is 16.3 Å². The van der Waals surface area contributed by atoms with Crippen molar-refractivity contribution in [2.75, 3.05) is 0 Å². The van der Waals surface area contributed by atoms with Gasteiger partial charge in [0.1, 0.15) is 5.25 Å². The number of benzene rings is 1. The van der Waals surface area contributed by atoms with Crippen LogP contribution in [-0.4, -0.2) is 26.5 Å². The maximum atomic E-state index is 10.9. The zero-order valence-corrected chi connectivity index (χ0v) is 12.3. The van der Waals surface area contributed by atoms with Crippen LogP contribution in [0.5, 0.6) is 0 Å². The number of carboxylic acid groups (broad SMARTS) is 1. The lowest BCUT2D eigenvalue weighted by Gasteiger charge is -2.06. The molecule has 7 heteroatoms. The monoisotopic (exact) mass is 312 g/mol. The lowest BCUT2D eigenvalue weighted by molar-refractivity contribution is -0.136. The molecule has 0 bridgehead atoms. The lowest BCUT2D eigenvalue weighted by atomic mass is 10.2. The smallest absolute Gasteiger partial charge is 0.316 e. The second-order valence-corrected chi connectivity index (χ2v) is 5.63. The molecule has 0 radical (unpaired) electrons. The summed E-state index contributed by atoms with van der Waals surface area (Å²) in [6.07, 6.45) is 0.547. The Bertz CT molecular complexity index is 603. The van der Waals surface area contributed by atoms with Gasteiger partial charge in [-0.05, 0) is 18.6 Å². The summed E-state index contributed by atoms with van der Waals surface area (Å²) in [6, 6.07) is 7.18. The highest BCUT2D eigenvalue weighted by atomic mass is 35.5. The first kappa shape index (κ1) is 14.9. The molecule has 1 N–H and O–H groups in total. The van der Waals surface area contributed by atoms with Gasteiger partial charge in [-0.3, -0.25) is 4.79 Å². The molecule has 2 rings (SSSR count). The van der Waals surface area contributed by atoms with Gasteiger partial charge in [0.2, 0.25) is 11.8 Å². The topological polar surface area (TPSA) is 76.2 Å². The number of aromatic nitrogens is 2. The van der Waals surface area contributed by atoms with Gasteiger partial charge < -0.3 is 9.52 Å². The Balaban J connectivity index is 2.06. The number of halogens is 1. The molecule has 5 nitrogen and oxygen atoms in total. The molecule has 2 aromatic rings. The third kappa shape index (κ3) is 3.52. The summed E-state index contributed by atoms with van der Waals surface area (Å²) in [5.41, 5.74) is 0.670. The molecule has 1 unspecified atom stereocenters. The van der Waals surface area contributed by atoms with Crippen LogP contribution in [0.15, 0.2) is 28.7 Å². The molecule has 0 saturated carbocycles. The molecule has 0 aliphatic rings. The molecule has 1 aromatic heterocycles. The molecular formula is C13H13ClN2O3S. The molecule has 0 fully saturated rings. The average molecular weight is 313 g/mol. The largest absolute Gasteiger partial charge is 0.480 e. The fraction of sp³-hybridized carbons (Fsp3) is 0.308. The number of hydrogen-bond donors (Lipinski definition) is 1. The Morgan fingerprint density at radius 2 is 2.20 bits per heavy atom. The normalized spacial score (nSPS) is 12.3. The van der Waals surface area contributed by atoms with Crippen LogP contribution in [0.2, 0.25) is 5.02 Å². The van der Waals surface area contributed by atoms with Gasteiger partial charge in [0, 0.05) is 0 Å². The Morgan fingerprint density at radius 1 is 1.45 bits per heavy atom. The van der Waals surface area contributed by atoms with Crippen molar-refractivity contribution < 1.29 is 14.3 Å². The van der Waals surface area contributed by atoms with Gasteiger partial charge in [0.25, 0.3) is 0 Å². The van der Waals surface area contributed by atoms with Crippen LogP contribution in [0.25, 0.3) is 11.5 Å². The Kier molecular flexibility index (Phi) is 5.03.